The van der Waals surface area contributed by atoms with Gasteiger partial charge in [0.1, 0.15) is 0 Å². The number of piperidine rings is 1. The zero-order valence-electron chi connectivity index (χ0n) is 17.5. The lowest BCUT2D eigenvalue weighted by atomic mass is 9.85. The maximum absolute atomic E-state index is 12.9. The van der Waals surface area contributed by atoms with Crippen LogP contribution in [0.15, 0.2) is 12.3 Å². The fraction of sp³-hybridized carbons (Fsp3) is 0.818. The molecular formula is C22H37N5O. The second-order valence-electron chi connectivity index (χ2n) is 9.22. The summed E-state index contributed by atoms with van der Waals surface area (Å²) in [5, 5.41) is 7.72. The van der Waals surface area contributed by atoms with Gasteiger partial charge in [-0.05, 0) is 64.6 Å². The van der Waals surface area contributed by atoms with Crippen LogP contribution >= 0.6 is 0 Å². The highest BCUT2D eigenvalue weighted by Crippen LogP contribution is 2.31. The summed E-state index contributed by atoms with van der Waals surface area (Å²) in [4.78, 5) is 17.3. The summed E-state index contributed by atoms with van der Waals surface area (Å²) >= 11 is 0. The minimum atomic E-state index is 0.0415. The number of likely N-dealkylation sites (tertiary alicyclic amines) is 2. The van der Waals surface area contributed by atoms with Crippen LogP contribution in [0.4, 0.5) is 10.6 Å². The van der Waals surface area contributed by atoms with Gasteiger partial charge in [-0.15, -0.1) is 0 Å². The summed E-state index contributed by atoms with van der Waals surface area (Å²) in [6, 6.07) is 2.86. The first kappa shape index (κ1) is 19.7. The first-order valence-electron chi connectivity index (χ1n) is 11.5. The van der Waals surface area contributed by atoms with Crippen molar-refractivity contribution in [2.75, 3.05) is 32.0 Å². The van der Waals surface area contributed by atoms with Crippen molar-refractivity contribution in [1.29, 1.82) is 0 Å². The lowest BCUT2D eigenvalue weighted by molar-refractivity contribution is 0.198. The molecule has 3 fully saturated rings. The number of aromatic nitrogens is 2. The van der Waals surface area contributed by atoms with Crippen LogP contribution in [0, 0.1) is 5.92 Å². The Morgan fingerprint density at radius 3 is 2.61 bits per heavy atom. The first-order chi connectivity index (χ1) is 13.7. The van der Waals surface area contributed by atoms with Gasteiger partial charge < -0.3 is 9.80 Å². The molecule has 2 aliphatic heterocycles. The van der Waals surface area contributed by atoms with E-state index in [9.17, 15) is 4.79 Å². The largest absolute Gasteiger partial charge is 0.323 e. The fourth-order valence-corrected chi connectivity index (χ4v) is 5.36. The van der Waals surface area contributed by atoms with Gasteiger partial charge in [-0.2, -0.15) is 5.10 Å². The molecule has 1 aliphatic carbocycles. The van der Waals surface area contributed by atoms with Gasteiger partial charge in [0.05, 0.1) is 6.04 Å². The molecule has 0 radical (unpaired) electrons. The summed E-state index contributed by atoms with van der Waals surface area (Å²) < 4.78 is 2.05. The van der Waals surface area contributed by atoms with Gasteiger partial charge >= 0.3 is 6.03 Å². The predicted octanol–water partition coefficient (Wildman–Crippen LogP) is 4.51. The summed E-state index contributed by atoms with van der Waals surface area (Å²) in [7, 11) is 2.17. The smallest absolute Gasteiger partial charge is 0.322 e. The standard InChI is InChI=1S/C22H37N5O/c1-25-15-11-20(12-16-25)27-17-13-21(24-27)23-22(28)26-14-5-8-19(26)10-9-18-6-3-2-4-7-18/h13,17-20H,2-12,14-16H2,1H3,(H,23,24,28). The van der Waals surface area contributed by atoms with Gasteiger partial charge in [0, 0.05) is 24.8 Å². The molecule has 2 amide bonds. The van der Waals surface area contributed by atoms with Crippen LogP contribution in [-0.4, -0.2) is 58.3 Å². The Morgan fingerprint density at radius 1 is 1.04 bits per heavy atom. The molecule has 28 heavy (non-hydrogen) atoms. The van der Waals surface area contributed by atoms with Crippen LogP contribution in [0.5, 0.6) is 0 Å². The molecule has 0 spiro atoms. The van der Waals surface area contributed by atoms with Crippen LogP contribution in [0.2, 0.25) is 0 Å². The van der Waals surface area contributed by atoms with Gasteiger partial charge in [0.2, 0.25) is 0 Å². The highest BCUT2D eigenvalue weighted by molar-refractivity contribution is 5.88. The number of nitrogens with zero attached hydrogens (tertiary/aromatic N) is 4. The number of urea groups is 1. The SMILES string of the molecule is CN1CCC(n2ccc(NC(=O)N3CCCC3CCC3CCCCC3)n2)CC1. The second kappa shape index (κ2) is 9.29. The predicted molar refractivity (Wildman–Crippen MR) is 113 cm³/mol. The normalized spacial score (nSPS) is 25.3. The van der Waals surface area contributed by atoms with E-state index in [1.165, 1.54) is 44.9 Å². The third-order valence-corrected chi connectivity index (χ3v) is 7.18. The van der Waals surface area contributed by atoms with Crippen molar-refractivity contribution in [2.45, 2.75) is 82.7 Å². The zero-order valence-corrected chi connectivity index (χ0v) is 17.5. The molecule has 1 N–H and O–H groups in total. The van der Waals surface area contributed by atoms with Crippen molar-refractivity contribution in [3.8, 4) is 0 Å². The molecule has 1 unspecified atom stereocenters. The maximum atomic E-state index is 12.9. The number of amides is 2. The average molecular weight is 388 g/mol. The third kappa shape index (κ3) is 4.88. The Hall–Kier alpha value is -1.56. The molecule has 1 saturated carbocycles. The molecule has 0 bridgehead atoms. The molecule has 2 saturated heterocycles. The number of hydrogen-bond donors (Lipinski definition) is 1. The van der Waals surface area contributed by atoms with Crippen LogP contribution < -0.4 is 5.32 Å². The van der Waals surface area contributed by atoms with Gasteiger partial charge in [-0.3, -0.25) is 10.00 Å². The van der Waals surface area contributed by atoms with Gasteiger partial charge in [-0.1, -0.05) is 32.1 Å². The quantitative estimate of drug-likeness (QED) is 0.809. The second-order valence-corrected chi connectivity index (χ2v) is 9.22. The van der Waals surface area contributed by atoms with Crippen molar-refractivity contribution in [2.24, 2.45) is 5.92 Å². The van der Waals surface area contributed by atoms with Gasteiger partial charge in [-0.25, -0.2) is 4.79 Å². The molecule has 1 aromatic rings. The summed E-state index contributed by atoms with van der Waals surface area (Å²) in [6.45, 7) is 3.11. The molecule has 3 heterocycles. The van der Waals surface area contributed by atoms with E-state index < -0.39 is 0 Å². The molecule has 6 nitrogen and oxygen atoms in total. The molecule has 4 rings (SSSR count). The lowest BCUT2D eigenvalue weighted by Gasteiger charge is -2.29. The molecule has 0 aromatic carbocycles. The van der Waals surface area contributed by atoms with Crippen LogP contribution in [-0.2, 0) is 0 Å². The van der Waals surface area contributed by atoms with E-state index in [2.05, 4.69) is 27.3 Å². The Kier molecular flexibility index (Phi) is 6.55. The molecule has 6 heteroatoms. The van der Waals surface area contributed by atoms with Crippen LogP contribution in [0.3, 0.4) is 0 Å². The lowest BCUT2D eigenvalue weighted by Crippen LogP contribution is -2.39. The number of anilines is 1. The van der Waals surface area contributed by atoms with Crippen LogP contribution in [0.25, 0.3) is 0 Å². The van der Waals surface area contributed by atoms with Crippen molar-refractivity contribution >= 4 is 11.8 Å². The molecule has 156 valence electrons. The number of nitrogens with one attached hydrogen (secondary N) is 1. The van der Waals surface area contributed by atoms with E-state index in [-0.39, 0.29) is 6.03 Å². The topological polar surface area (TPSA) is 53.4 Å². The summed E-state index contributed by atoms with van der Waals surface area (Å²) in [5.41, 5.74) is 0. The fourth-order valence-electron chi connectivity index (χ4n) is 5.36. The van der Waals surface area contributed by atoms with Gasteiger partial charge in [0.15, 0.2) is 5.82 Å². The van der Waals surface area contributed by atoms with Crippen molar-refractivity contribution in [3.05, 3.63) is 12.3 Å². The van der Waals surface area contributed by atoms with Crippen molar-refractivity contribution in [1.82, 2.24) is 19.6 Å². The van der Waals surface area contributed by atoms with E-state index in [1.807, 2.05) is 16.9 Å². The van der Waals surface area contributed by atoms with E-state index in [1.54, 1.807) is 0 Å². The van der Waals surface area contributed by atoms with E-state index in [0.29, 0.717) is 17.9 Å². The number of rotatable bonds is 5. The Bertz CT molecular complexity index is 631. The number of hydrogen-bond acceptors (Lipinski definition) is 3. The van der Waals surface area contributed by atoms with E-state index >= 15 is 0 Å². The Balaban J connectivity index is 1.27. The van der Waals surface area contributed by atoms with Crippen molar-refractivity contribution in [3.63, 3.8) is 0 Å². The highest BCUT2D eigenvalue weighted by atomic mass is 16.2. The zero-order chi connectivity index (χ0) is 19.3. The number of carbonyl (C=O) groups is 1. The summed E-state index contributed by atoms with van der Waals surface area (Å²) in [6.07, 6.45) is 16.0. The maximum Gasteiger partial charge on any atom is 0.323 e. The molecule has 1 atom stereocenters. The molecule has 1 aromatic heterocycles. The monoisotopic (exact) mass is 387 g/mol. The van der Waals surface area contributed by atoms with E-state index in [4.69, 9.17) is 0 Å². The Morgan fingerprint density at radius 2 is 1.82 bits per heavy atom. The van der Waals surface area contributed by atoms with Gasteiger partial charge in [0.25, 0.3) is 0 Å². The average Bonchev–Trinajstić information content (AvgIpc) is 3.37. The first-order valence-corrected chi connectivity index (χ1v) is 11.5. The molecular weight excluding hydrogens is 350 g/mol. The third-order valence-electron chi connectivity index (χ3n) is 7.18. The molecule has 3 aliphatic rings. The minimum absolute atomic E-state index is 0.0415. The summed E-state index contributed by atoms with van der Waals surface area (Å²) in [5.74, 6) is 1.59. The van der Waals surface area contributed by atoms with Crippen LogP contribution in [0.1, 0.15) is 76.7 Å². The van der Waals surface area contributed by atoms with E-state index in [0.717, 1.165) is 51.2 Å². The highest BCUT2D eigenvalue weighted by Gasteiger charge is 2.30. The minimum Gasteiger partial charge on any atom is -0.322 e. The van der Waals surface area contributed by atoms with Crippen molar-refractivity contribution < 1.29 is 4.79 Å². The number of carbonyl (C=O) groups excluding carboxylic acids is 1. The Labute approximate surface area is 169 Å².